The van der Waals surface area contributed by atoms with Crippen molar-refractivity contribution in [3.63, 3.8) is 0 Å². The first-order chi connectivity index (χ1) is 13.7. The Morgan fingerprint density at radius 1 is 1.04 bits per heavy atom. The molecule has 1 aliphatic carbocycles. The van der Waals surface area contributed by atoms with Gasteiger partial charge in [0.05, 0.1) is 11.9 Å². The van der Waals surface area contributed by atoms with Crippen LogP contribution in [0.25, 0.3) is 0 Å². The lowest BCUT2D eigenvalue weighted by atomic mass is 9.81. The number of piperazine rings is 1. The van der Waals surface area contributed by atoms with E-state index < -0.39 is 0 Å². The topological polar surface area (TPSA) is 52.8 Å². The molecule has 2 aliphatic heterocycles. The standard InChI is InChI=1S/C22H34N4OS/c23-21(22(27)26-14-15-28-17-26)16-18-6-8-20(9-7-18)25-12-10-24(11-13-25)19-4-2-1-3-5-19/h1-5,18,20-21H,6-17,23H2/t18-,20-,21-/m0/s1. The van der Waals surface area contributed by atoms with Gasteiger partial charge in [0.1, 0.15) is 0 Å². The Morgan fingerprint density at radius 2 is 1.75 bits per heavy atom. The van der Waals surface area contributed by atoms with Gasteiger partial charge in [0.25, 0.3) is 0 Å². The predicted octanol–water partition coefficient (Wildman–Crippen LogP) is 2.62. The van der Waals surface area contributed by atoms with E-state index in [0.717, 1.165) is 56.8 Å². The molecule has 1 atom stereocenters. The van der Waals surface area contributed by atoms with Crippen molar-refractivity contribution in [2.24, 2.45) is 11.7 Å². The van der Waals surface area contributed by atoms with Crippen LogP contribution in [0.1, 0.15) is 32.1 Å². The molecule has 0 aromatic heterocycles. The summed E-state index contributed by atoms with van der Waals surface area (Å²) in [6, 6.07) is 11.2. The van der Waals surface area contributed by atoms with Crippen LogP contribution in [0, 0.1) is 5.92 Å². The molecule has 3 fully saturated rings. The van der Waals surface area contributed by atoms with Gasteiger partial charge in [-0.3, -0.25) is 9.69 Å². The van der Waals surface area contributed by atoms with E-state index in [1.54, 1.807) is 0 Å². The molecular weight excluding hydrogens is 368 g/mol. The molecule has 6 heteroatoms. The van der Waals surface area contributed by atoms with E-state index in [0.29, 0.717) is 5.92 Å². The third-order valence-electron chi connectivity index (χ3n) is 6.74. The summed E-state index contributed by atoms with van der Waals surface area (Å²) >= 11 is 1.83. The molecule has 2 N–H and O–H groups in total. The van der Waals surface area contributed by atoms with Crippen LogP contribution < -0.4 is 10.6 Å². The van der Waals surface area contributed by atoms with E-state index in [1.807, 2.05) is 16.7 Å². The highest BCUT2D eigenvalue weighted by molar-refractivity contribution is 7.99. The fourth-order valence-corrected chi connectivity index (χ4v) is 5.97. The van der Waals surface area contributed by atoms with Gasteiger partial charge in [-0.2, -0.15) is 0 Å². The molecule has 1 saturated carbocycles. The van der Waals surface area contributed by atoms with E-state index in [1.165, 1.54) is 31.4 Å². The highest BCUT2D eigenvalue weighted by Crippen LogP contribution is 2.31. The number of anilines is 1. The minimum Gasteiger partial charge on any atom is -0.369 e. The number of hydrogen-bond donors (Lipinski definition) is 1. The second kappa shape index (κ2) is 9.51. The van der Waals surface area contributed by atoms with Crippen LogP contribution in [0.5, 0.6) is 0 Å². The lowest BCUT2D eigenvalue weighted by Gasteiger charge is -2.43. The number of amides is 1. The Hall–Kier alpha value is -1.24. The molecule has 5 nitrogen and oxygen atoms in total. The number of nitrogens with zero attached hydrogens (tertiary/aromatic N) is 3. The van der Waals surface area contributed by atoms with Gasteiger partial charge in [0.15, 0.2) is 0 Å². The Bertz CT molecular complexity index is 621. The molecule has 3 aliphatic rings. The van der Waals surface area contributed by atoms with Crippen molar-refractivity contribution in [2.45, 2.75) is 44.2 Å². The minimum absolute atomic E-state index is 0.171. The maximum absolute atomic E-state index is 12.5. The molecule has 28 heavy (non-hydrogen) atoms. The van der Waals surface area contributed by atoms with Crippen molar-refractivity contribution in [1.29, 1.82) is 0 Å². The van der Waals surface area contributed by atoms with Crippen molar-refractivity contribution in [1.82, 2.24) is 9.80 Å². The maximum atomic E-state index is 12.5. The van der Waals surface area contributed by atoms with Crippen LogP contribution in [0.4, 0.5) is 5.69 Å². The van der Waals surface area contributed by atoms with Gasteiger partial charge in [0.2, 0.25) is 5.91 Å². The number of rotatable bonds is 5. The van der Waals surface area contributed by atoms with Crippen LogP contribution in [0.2, 0.25) is 0 Å². The Morgan fingerprint density at radius 3 is 2.39 bits per heavy atom. The first-order valence-corrected chi connectivity index (χ1v) is 12.0. The van der Waals surface area contributed by atoms with Gasteiger partial charge < -0.3 is 15.5 Å². The zero-order valence-electron chi connectivity index (χ0n) is 16.8. The van der Waals surface area contributed by atoms with Gasteiger partial charge in [-0.1, -0.05) is 18.2 Å². The number of para-hydroxylation sites is 1. The molecule has 154 valence electrons. The molecular formula is C22H34N4OS. The molecule has 0 spiro atoms. The molecule has 4 rings (SSSR count). The summed E-state index contributed by atoms with van der Waals surface area (Å²) in [5, 5.41) is 0. The van der Waals surface area contributed by atoms with Crippen LogP contribution in [0.3, 0.4) is 0 Å². The first kappa shape index (κ1) is 20.0. The predicted molar refractivity (Wildman–Crippen MR) is 118 cm³/mol. The molecule has 0 radical (unpaired) electrons. The lowest BCUT2D eigenvalue weighted by molar-refractivity contribution is -0.131. The van der Waals surface area contributed by atoms with Gasteiger partial charge in [-0.15, -0.1) is 11.8 Å². The number of nitrogens with two attached hydrogens (primary N) is 1. The molecule has 1 aromatic carbocycles. The van der Waals surface area contributed by atoms with E-state index in [2.05, 4.69) is 40.1 Å². The number of thioether (sulfide) groups is 1. The summed E-state index contributed by atoms with van der Waals surface area (Å²) in [7, 11) is 0. The number of carbonyl (C=O) groups excluding carboxylic acids is 1. The van der Waals surface area contributed by atoms with Gasteiger partial charge >= 0.3 is 0 Å². The zero-order valence-corrected chi connectivity index (χ0v) is 17.7. The fraction of sp³-hybridized carbons (Fsp3) is 0.682. The highest BCUT2D eigenvalue weighted by Gasteiger charge is 2.31. The summed E-state index contributed by atoms with van der Waals surface area (Å²) in [6.45, 7) is 5.44. The van der Waals surface area contributed by atoms with Gasteiger partial charge in [-0.05, 0) is 50.2 Å². The van der Waals surface area contributed by atoms with Crippen molar-refractivity contribution < 1.29 is 4.79 Å². The highest BCUT2D eigenvalue weighted by atomic mass is 32.2. The Balaban J connectivity index is 1.19. The fourth-order valence-electron chi connectivity index (χ4n) is 5.01. The van der Waals surface area contributed by atoms with Crippen LogP contribution in [0.15, 0.2) is 30.3 Å². The number of carbonyl (C=O) groups is 1. The summed E-state index contributed by atoms with van der Waals surface area (Å²) < 4.78 is 0. The second-order valence-electron chi connectivity index (χ2n) is 8.51. The molecule has 0 bridgehead atoms. The molecule has 2 heterocycles. The quantitative estimate of drug-likeness (QED) is 0.821. The van der Waals surface area contributed by atoms with Gasteiger partial charge in [-0.25, -0.2) is 0 Å². The second-order valence-corrected chi connectivity index (χ2v) is 9.59. The lowest BCUT2D eigenvalue weighted by Crippen LogP contribution is -2.51. The average Bonchev–Trinajstić information content (AvgIpc) is 3.29. The molecule has 1 amide bonds. The largest absolute Gasteiger partial charge is 0.369 e. The van der Waals surface area contributed by atoms with Crippen LogP contribution in [-0.4, -0.2) is 72.1 Å². The maximum Gasteiger partial charge on any atom is 0.240 e. The summed E-state index contributed by atoms with van der Waals surface area (Å²) in [6.07, 6.45) is 5.83. The molecule has 2 saturated heterocycles. The third kappa shape index (κ3) is 4.84. The summed E-state index contributed by atoms with van der Waals surface area (Å²) in [5.41, 5.74) is 7.61. The van der Waals surface area contributed by atoms with E-state index in [4.69, 9.17) is 5.73 Å². The summed E-state index contributed by atoms with van der Waals surface area (Å²) in [5.74, 6) is 2.68. The normalized spacial score (nSPS) is 27.8. The Labute approximate surface area is 173 Å². The SMILES string of the molecule is N[C@@H](C[C@H]1CC[C@H](N2CCN(c3ccccc3)CC2)CC1)C(=O)N1CCSC1. The average molecular weight is 403 g/mol. The third-order valence-corrected chi connectivity index (χ3v) is 7.70. The first-order valence-electron chi connectivity index (χ1n) is 10.9. The molecule has 1 aromatic rings. The van der Waals surface area contributed by atoms with Gasteiger partial charge in [0, 0.05) is 50.2 Å². The number of hydrogen-bond acceptors (Lipinski definition) is 5. The number of benzene rings is 1. The zero-order chi connectivity index (χ0) is 19.3. The van der Waals surface area contributed by atoms with Crippen LogP contribution in [-0.2, 0) is 4.79 Å². The Kier molecular flexibility index (Phi) is 6.81. The summed E-state index contributed by atoms with van der Waals surface area (Å²) in [4.78, 5) is 19.6. The van der Waals surface area contributed by atoms with Crippen molar-refractivity contribution >= 4 is 23.4 Å². The van der Waals surface area contributed by atoms with Crippen molar-refractivity contribution in [2.75, 3.05) is 49.3 Å². The van der Waals surface area contributed by atoms with E-state index in [-0.39, 0.29) is 11.9 Å². The minimum atomic E-state index is -0.297. The van der Waals surface area contributed by atoms with E-state index >= 15 is 0 Å². The van der Waals surface area contributed by atoms with Crippen molar-refractivity contribution in [3.8, 4) is 0 Å². The smallest absolute Gasteiger partial charge is 0.240 e. The van der Waals surface area contributed by atoms with E-state index in [9.17, 15) is 4.79 Å². The monoisotopic (exact) mass is 402 g/mol. The van der Waals surface area contributed by atoms with Crippen molar-refractivity contribution in [3.05, 3.63) is 30.3 Å². The molecule has 0 unspecified atom stereocenters. The van der Waals surface area contributed by atoms with Crippen LogP contribution >= 0.6 is 11.8 Å².